The molecule has 0 radical (unpaired) electrons. The van der Waals surface area contributed by atoms with E-state index < -0.39 is 17.9 Å². The van der Waals surface area contributed by atoms with E-state index in [0.717, 1.165) is 47.4 Å². The molecule has 314 valence electrons. The van der Waals surface area contributed by atoms with Crippen LogP contribution in [0.2, 0.25) is 0 Å². The van der Waals surface area contributed by atoms with Gasteiger partial charge >= 0.3 is 0 Å². The van der Waals surface area contributed by atoms with Gasteiger partial charge in [0.05, 0.1) is 6.54 Å². The number of nitrogens with zero attached hydrogens (tertiary/aromatic N) is 4. The lowest BCUT2D eigenvalue weighted by Gasteiger charge is -2.53. The monoisotopic (exact) mass is 811 g/mol. The van der Waals surface area contributed by atoms with Crippen molar-refractivity contribution in [2.75, 3.05) is 51.7 Å². The second kappa shape index (κ2) is 19.9. The standard InChI is InChI=1S/C30H34N2O.C19H23N3O5/c1-3-28(23-7-5-4-6-8-23)29(25-11-15-27(33)16-12-25)24-9-13-26(14-10-24)32-19-17-30(18-20-32)21-31(2)22-30;1-13-8-14-10-21(5-7-24)11-15(14)9-16(13)19(27)22(12-25)17(4-3-6-23)18(26)20-2/h4-16,33H,3,17-22H2,1-2H3;6-9,12,17H,3-5,10-11H2,1-2H3,(H,20,26)/b29-28+;. The van der Waals surface area contributed by atoms with Crippen LogP contribution in [0.1, 0.15) is 82.8 Å². The topological polar surface area (TPSA) is 131 Å². The Kier molecular flexibility index (Phi) is 14.5. The molecule has 0 aromatic heterocycles. The Morgan fingerprint density at radius 1 is 0.850 bits per heavy atom. The zero-order valence-electron chi connectivity index (χ0n) is 35.2. The molecule has 3 aliphatic heterocycles. The Labute approximate surface area is 353 Å². The van der Waals surface area contributed by atoms with Crippen LogP contribution in [0, 0.1) is 12.3 Å². The van der Waals surface area contributed by atoms with E-state index >= 15 is 0 Å². The molecule has 11 nitrogen and oxygen atoms in total. The number of nitrogens with one attached hydrogen (secondary N) is 1. The lowest BCUT2D eigenvalue weighted by Crippen LogP contribution is -2.58. The van der Waals surface area contributed by atoms with Crippen LogP contribution in [0.15, 0.2) is 91.0 Å². The van der Waals surface area contributed by atoms with Gasteiger partial charge in [-0.1, -0.05) is 67.6 Å². The van der Waals surface area contributed by atoms with Crippen LogP contribution < -0.4 is 10.2 Å². The van der Waals surface area contributed by atoms with Crippen molar-refractivity contribution >= 4 is 47.6 Å². The molecule has 0 saturated carbocycles. The molecule has 11 heteroatoms. The first-order chi connectivity index (χ1) is 29.0. The molecule has 0 aliphatic carbocycles. The summed E-state index contributed by atoms with van der Waals surface area (Å²) in [6.07, 6.45) is 5.45. The second-order valence-corrected chi connectivity index (χ2v) is 16.3. The van der Waals surface area contributed by atoms with Crippen molar-refractivity contribution in [3.05, 3.63) is 130 Å². The van der Waals surface area contributed by atoms with Gasteiger partial charge in [0.1, 0.15) is 24.4 Å². The van der Waals surface area contributed by atoms with Crippen molar-refractivity contribution in [3.8, 4) is 5.75 Å². The van der Waals surface area contributed by atoms with E-state index in [1.54, 1.807) is 25.1 Å². The average Bonchev–Trinajstić information content (AvgIpc) is 3.65. The number of phenols is 1. The number of allylic oxidation sites excluding steroid dienone is 1. The Morgan fingerprint density at radius 3 is 2.02 bits per heavy atom. The lowest BCUT2D eigenvalue weighted by atomic mass is 9.72. The Hall–Kier alpha value is -5.91. The maximum atomic E-state index is 13.0. The van der Waals surface area contributed by atoms with Gasteiger partial charge in [0.2, 0.25) is 12.3 Å². The number of carbonyl (C=O) groups is 5. The van der Waals surface area contributed by atoms with Gasteiger partial charge in [0.15, 0.2) is 0 Å². The third-order valence-electron chi connectivity index (χ3n) is 12.2. The van der Waals surface area contributed by atoms with E-state index in [1.807, 2.05) is 23.1 Å². The molecule has 2 saturated heterocycles. The van der Waals surface area contributed by atoms with Crippen LogP contribution in [0.4, 0.5) is 5.69 Å². The highest BCUT2D eigenvalue weighted by Gasteiger charge is 2.43. The summed E-state index contributed by atoms with van der Waals surface area (Å²) in [4.78, 5) is 65.9. The zero-order valence-corrected chi connectivity index (χ0v) is 35.2. The predicted octanol–water partition coefficient (Wildman–Crippen LogP) is 6.50. The maximum Gasteiger partial charge on any atom is 0.261 e. The summed E-state index contributed by atoms with van der Waals surface area (Å²) in [5.74, 6) is -0.793. The van der Waals surface area contributed by atoms with E-state index in [4.69, 9.17) is 0 Å². The fourth-order valence-corrected chi connectivity index (χ4v) is 9.10. The summed E-state index contributed by atoms with van der Waals surface area (Å²) in [5, 5.41) is 12.3. The van der Waals surface area contributed by atoms with Crippen LogP contribution >= 0.6 is 0 Å². The van der Waals surface area contributed by atoms with Crippen LogP contribution in [0.25, 0.3) is 11.1 Å². The van der Waals surface area contributed by atoms with Crippen LogP contribution in [-0.4, -0.2) is 103 Å². The van der Waals surface area contributed by atoms with Crippen LogP contribution in [0.3, 0.4) is 0 Å². The number of piperidine rings is 1. The first kappa shape index (κ1) is 43.7. The average molecular weight is 812 g/mol. The third kappa shape index (κ3) is 9.92. The smallest absolute Gasteiger partial charge is 0.261 e. The molecule has 1 atom stereocenters. The van der Waals surface area contributed by atoms with Gasteiger partial charge in [-0.3, -0.25) is 24.2 Å². The van der Waals surface area contributed by atoms with Gasteiger partial charge in [-0.05, 0) is 120 Å². The van der Waals surface area contributed by atoms with Gasteiger partial charge in [-0.15, -0.1) is 0 Å². The largest absolute Gasteiger partial charge is 0.508 e. The van der Waals surface area contributed by atoms with Crippen molar-refractivity contribution < 1.29 is 29.1 Å². The van der Waals surface area contributed by atoms with E-state index in [1.165, 1.54) is 60.9 Å². The van der Waals surface area contributed by atoms with Gasteiger partial charge < -0.3 is 29.8 Å². The quantitative estimate of drug-likeness (QED) is 0.108. The van der Waals surface area contributed by atoms with Crippen molar-refractivity contribution in [1.82, 2.24) is 20.0 Å². The van der Waals surface area contributed by atoms with E-state index in [-0.39, 0.29) is 12.8 Å². The summed E-state index contributed by atoms with van der Waals surface area (Å²) < 4.78 is 0. The van der Waals surface area contributed by atoms with E-state index in [2.05, 4.69) is 83.7 Å². The predicted molar refractivity (Wildman–Crippen MR) is 235 cm³/mol. The van der Waals surface area contributed by atoms with Gasteiger partial charge in [0, 0.05) is 64.0 Å². The van der Waals surface area contributed by atoms with Gasteiger partial charge in [-0.2, -0.15) is 0 Å². The number of likely N-dealkylation sites (N-methyl/N-ethyl adjacent to an activating group) is 1. The van der Waals surface area contributed by atoms with E-state index in [9.17, 15) is 29.1 Å². The zero-order chi connectivity index (χ0) is 42.8. The number of amides is 3. The Morgan fingerprint density at radius 2 is 1.47 bits per heavy atom. The number of anilines is 1. The molecule has 4 aromatic rings. The molecule has 4 aromatic carbocycles. The molecule has 2 N–H and O–H groups in total. The van der Waals surface area contributed by atoms with Crippen molar-refractivity contribution in [2.45, 2.75) is 65.1 Å². The highest BCUT2D eigenvalue weighted by Crippen LogP contribution is 2.41. The number of aromatic hydroxyl groups is 1. The number of rotatable bonds is 14. The highest BCUT2D eigenvalue weighted by molar-refractivity contribution is 6.04. The van der Waals surface area contributed by atoms with Crippen molar-refractivity contribution in [1.29, 1.82) is 0 Å². The number of hydrogen-bond donors (Lipinski definition) is 2. The van der Waals surface area contributed by atoms with Gasteiger partial charge in [0.25, 0.3) is 5.91 Å². The molecular weight excluding hydrogens is 755 g/mol. The third-order valence-corrected chi connectivity index (χ3v) is 12.2. The minimum absolute atomic E-state index is 0.0551. The van der Waals surface area contributed by atoms with Crippen molar-refractivity contribution in [2.24, 2.45) is 5.41 Å². The Balaban J connectivity index is 0.000000206. The molecule has 3 aliphatic rings. The van der Waals surface area contributed by atoms with E-state index in [0.29, 0.717) is 54.6 Å². The number of hydrogen-bond acceptors (Lipinski definition) is 9. The molecule has 0 bridgehead atoms. The fraction of sp³-hybridized carbons (Fsp3) is 0.367. The SMILES string of the molecule is CC/C(=C(\c1ccc(O)cc1)c1ccc(N2CCC3(CC2)CN(C)C3)cc1)c1ccccc1.CNC(=O)C(CCC=O)N(C=O)C(=O)c1cc2c(cc1C)CN(CC=O)C2. The minimum atomic E-state index is -1.05. The number of carbonyl (C=O) groups excluding carboxylic acids is 5. The lowest BCUT2D eigenvalue weighted by molar-refractivity contribution is -0.131. The number of phenolic OH excluding ortho intramolecular Hbond substituents is 1. The molecular formula is C49H57N5O6. The van der Waals surface area contributed by atoms with Crippen molar-refractivity contribution in [3.63, 3.8) is 0 Å². The first-order valence-corrected chi connectivity index (χ1v) is 20.9. The van der Waals surface area contributed by atoms with Crippen LogP contribution in [-0.2, 0) is 32.3 Å². The first-order valence-electron chi connectivity index (χ1n) is 20.9. The summed E-state index contributed by atoms with van der Waals surface area (Å²) in [6, 6.07) is 29.9. The molecule has 1 unspecified atom stereocenters. The molecule has 60 heavy (non-hydrogen) atoms. The molecule has 3 amide bonds. The number of fused-ring (bicyclic) bond motifs is 1. The van der Waals surface area contributed by atoms with Crippen LogP contribution in [0.5, 0.6) is 5.75 Å². The molecule has 7 rings (SSSR count). The fourth-order valence-electron chi connectivity index (χ4n) is 9.10. The second-order valence-electron chi connectivity index (χ2n) is 16.3. The normalized spacial score (nSPS) is 16.6. The number of likely N-dealkylation sites (tertiary alicyclic amines) is 1. The molecule has 3 heterocycles. The Bertz CT molecular complexity index is 2170. The summed E-state index contributed by atoms with van der Waals surface area (Å²) in [7, 11) is 3.64. The molecule has 1 spiro atoms. The summed E-state index contributed by atoms with van der Waals surface area (Å²) >= 11 is 0. The molecule has 2 fully saturated rings. The number of benzene rings is 4. The van der Waals surface area contributed by atoms with Gasteiger partial charge in [-0.25, -0.2) is 0 Å². The maximum absolute atomic E-state index is 13.0. The minimum Gasteiger partial charge on any atom is -0.508 e. The highest BCUT2D eigenvalue weighted by atomic mass is 16.3. The summed E-state index contributed by atoms with van der Waals surface area (Å²) in [6.45, 7) is 10.3. The number of imide groups is 1. The number of aryl methyl sites for hydroxylation is 1. The number of aldehydes is 2. The summed E-state index contributed by atoms with van der Waals surface area (Å²) in [5.41, 5.74) is 11.0.